The van der Waals surface area contributed by atoms with Crippen molar-refractivity contribution in [3.63, 3.8) is 0 Å². The lowest BCUT2D eigenvalue weighted by molar-refractivity contribution is 0.296. The van der Waals surface area contributed by atoms with Crippen LogP contribution in [0.1, 0.15) is 168 Å². The molecule has 15 heteroatoms. The summed E-state index contributed by atoms with van der Waals surface area (Å²) in [6.07, 6.45) is 28.6. The molecule has 3 heterocycles. The highest BCUT2D eigenvalue weighted by atomic mass is 32.2. The molecule has 0 bridgehead atoms. The Morgan fingerprint density at radius 1 is 0.365 bits per heavy atom. The smallest absolute Gasteiger partial charge is 0.246 e. The molecule has 416 valence electrons. The van der Waals surface area contributed by atoms with Crippen molar-refractivity contribution in [2.24, 2.45) is 0 Å². The monoisotopic (exact) mass is 1080 g/mol. The Morgan fingerprint density at radius 3 is 0.905 bits per heavy atom. The average Bonchev–Trinajstić information content (AvgIpc) is 3.32. The topological polar surface area (TPSA) is 140 Å². The SMILES string of the molecule is C.Cc1ccc2c(c1)OCC/C=C/CCCCN(C(C)C)S2(=O)=O.Cc1ccc2c(c1)OCCCC/C=C/CCCCN(C(C)C)S2(=O)=O.Cc1ccc2c(c1)OCCCC/C=C/CCCCN(C(C)C)S2(=O)=O. The first kappa shape index (κ1) is 64.3. The van der Waals surface area contributed by atoms with Gasteiger partial charge in [-0.3, -0.25) is 0 Å². The predicted molar refractivity (Wildman–Crippen MR) is 305 cm³/mol. The molecule has 3 aromatic carbocycles. The number of ether oxygens (including phenoxy) is 3. The highest BCUT2D eigenvalue weighted by molar-refractivity contribution is 7.89. The van der Waals surface area contributed by atoms with Crippen molar-refractivity contribution >= 4 is 30.1 Å². The van der Waals surface area contributed by atoms with E-state index in [-0.39, 0.29) is 30.4 Å². The van der Waals surface area contributed by atoms with E-state index in [1.165, 1.54) is 0 Å². The van der Waals surface area contributed by atoms with Gasteiger partial charge in [0.05, 0.1) is 19.8 Å². The van der Waals surface area contributed by atoms with Crippen molar-refractivity contribution in [1.82, 2.24) is 12.9 Å². The molecule has 0 saturated carbocycles. The third-order valence-corrected chi connectivity index (χ3v) is 19.2. The van der Waals surface area contributed by atoms with Crippen LogP contribution in [0.15, 0.2) is 106 Å². The molecule has 12 nitrogen and oxygen atoms in total. The molecular formula is C59H93N3O9S3. The molecule has 3 aliphatic heterocycles. The Bertz CT molecular complexity index is 2450. The first-order valence-electron chi connectivity index (χ1n) is 27.0. The summed E-state index contributed by atoms with van der Waals surface area (Å²) < 4.78 is 102. The van der Waals surface area contributed by atoms with Crippen LogP contribution in [0.5, 0.6) is 17.2 Å². The maximum atomic E-state index is 13.2. The predicted octanol–water partition coefficient (Wildman–Crippen LogP) is 13.9. The van der Waals surface area contributed by atoms with Crippen molar-refractivity contribution in [2.45, 2.75) is 205 Å². The number of sulfonamides is 3. The van der Waals surface area contributed by atoms with E-state index in [0.717, 1.165) is 119 Å². The number of nitrogens with zero attached hydrogens (tertiary/aromatic N) is 3. The summed E-state index contributed by atoms with van der Waals surface area (Å²) in [5, 5.41) is 0. The van der Waals surface area contributed by atoms with Gasteiger partial charge in [0.15, 0.2) is 0 Å². The largest absolute Gasteiger partial charge is 0.492 e. The van der Waals surface area contributed by atoms with Crippen molar-refractivity contribution in [2.75, 3.05) is 39.5 Å². The minimum Gasteiger partial charge on any atom is -0.492 e. The number of allylic oxidation sites excluding steroid dienone is 5. The van der Waals surface area contributed by atoms with Crippen LogP contribution in [-0.4, -0.2) is 95.7 Å². The number of benzene rings is 3. The molecule has 0 radical (unpaired) electrons. The van der Waals surface area contributed by atoms with E-state index >= 15 is 0 Å². The average molecular weight is 1080 g/mol. The van der Waals surface area contributed by atoms with Gasteiger partial charge in [0.2, 0.25) is 30.1 Å². The van der Waals surface area contributed by atoms with Gasteiger partial charge in [0, 0.05) is 37.8 Å². The molecule has 0 atom stereocenters. The number of fused-ring (bicyclic) bond motifs is 3. The van der Waals surface area contributed by atoms with Gasteiger partial charge in [-0.15, -0.1) is 0 Å². The van der Waals surface area contributed by atoms with Gasteiger partial charge in [-0.2, -0.15) is 12.9 Å². The lowest BCUT2D eigenvalue weighted by Crippen LogP contribution is -2.38. The van der Waals surface area contributed by atoms with Crippen LogP contribution in [0.2, 0.25) is 0 Å². The van der Waals surface area contributed by atoms with Gasteiger partial charge < -0.3 is 14.2 Å². The Morgan fingerprint density at radius 2 is 0.622 bits per heavy atom. The first-order valence-corrected chi connectivity index (χ1v) is 31.3. The second kappa shape index (κ2) is 32.6. The quantitative estimate of drug-likeness (QED) is 0.235. The molecule has 0 N–H and O–H groups in total. The molecule has 0 aliphatic carbocycles. The zero-order valence-corrected chi connectivity index (χ0v) is 48.1. The summed E-state index contributed by atoms with van der Waals surface area (Å²) in [6.45, 7) is 20.6. The zero-order valence-electron chi connectivity index (χ0n) is 45.7. The summed E-state index contributed by atoms with van der Waals surface area (Å²) in [7, 11) is -10.7. The van der Waals surface area contributed by atoms with Crippen LogP contribution in [0, 0.1) is 20.8 Å². The van der Waals surface area contributed by atoms with E-state index in [0.29, 0.717) is 66.5 Å². The molecule has 3 aromatic rings. The molecule has 6 rings (SSSR count). The number of aryl methyl sites for hydroxylation is 3. The number of rotatable bonds is 3. The summed E-state index contributed by atoms with van der Waals surface area (Å²) >= 11 is 0. The third kappa shape index (κ3) is 20.2. The second-order valence-corrected chi connectivity index (χ2v) is 25.8. The molecule has 0 saturated heterocycles. The zero-order chi connectivity index (χ0) is 53.4. The molecule has 0 unspecified atom stereocenters. The van der Waals surface area contributed by atoms with Crippen LogP contribution in [-0.2, 0) is 30.1 Å². The molecule has 3 aliphatic rings. The molecule has 0 aromatic heterocycles. The Kier molecular flexibility index (Phi) is 28.3. The third-order valence-electron chi connectivity index (χ3n) is 12.9. The minimum atomic E-state index is -3.57. The molecule has 74 heavy (non-hydrogen) atoms. The van der Waals surface area contributed by atoms with E-state index in [2.05, 4.69) is 36.5 Å². The normalized spacial score (nSPS) is 21.2. The summed E-state index contributed by atoms with van der Waals surface area (Å²) in [5.41, 5.74) is 3.01. The fourth-order valence-corrected chi connectivity index (χ4v) is 14.2. The van der Waals surface area contributed by atoms with Gasteiger partial charge in [-0.25, -0.2) is 25.3 Å². The summed E-state index contributed by atoms with van der Waals surface area (Å²) in [4.78, 5) is 0.861. The van der Waals surface area contributed by atoms with Crippen molar-refractivity contribution < 1.29 is 39.5 Å². The Balaban J connectivity index is 0.000000291. The molecule has 0 fully saturated rings. The van der Waals surface area contributed by atoms with Crippen molar-refractivity contribution in [3.8, 4) is 17.2 Å². The molecule has 0 spiro atoms. The van der Waals surface area contributed by atoms with Crippen LogP contribution in [0.25, 0.3) is 0 Å². The van der Waals surface area contributed by atoms with Crippen LogP contribution in [0.4, 0.5) is 0 Å². The maximum Gasteiger partial charge on any atom is 0.246 e. The standard InChI is InChI=1S/2C20H31NO3S.C18H27NO3S.CH4/c2*1-17(2)21-14-10-8-6-4-5-7-9-11-15-24-19-16-18(3)12-13-20(19)25(21,22)23;1-15(2)19-12-8-6-4-5-7-9-13-22-17-14-16(3)10-11-18(17)23(19,20)21;/h2*4-5,12-13,16-17H,6-11,14-15H2,1-3H3;5,7,10-11,14-15H,4,6,8-9,12-13H2,1-3H3;1H4/b2*5-4+;7-5+;. The van der Waals surface area contributed by atoms with E-state index in [4.69, 9.17) is 14.2 Å². The van der Waals surface area contributed by atoms with E-state index in [1.807, 2.05) is 98.7 Å². The van der Waals surface area contributed by atoms with Gasteiger partial charge >= 0.3 is 0 Å². The molecular weight excluding hydrogens is 991 g/mol. The Labute approximate surface area is 449 Å². The van der Waals surface area contributed by atoms with E-state index < -0.39 is 30.1 Å². The lowest BCUT2D eigenvalue weighted by Gasteiger charge is -2.27. The minimum absolute atomic E-state index is 0. The van der Waals surface area contributed by atoms with Crippen molar-refractivity contribution in [3.05, 3.63) is 108 Å². The van der Waals surface area contributed by atoms with Crippen LogP contribution in [0.3, 0.4) is 0 Å². The van der Waals surface area contributed by atoms with E-state index in [9.17, 15) is 25.3 Å². The fraction of sp³-hybridized carbons (Fsp3) is 0.593. The Hall–Kier alpha value is -3.99. The van der Waals surface area contributed by atoms with Crippen molar-refractivity contribution in [1.29, 1.82) is 0 Å². The molecule has 0 amide bonds. The maximum absolute atomic E-state index is 13.2. The van der Waals surface area contributed by atoms with Gasteiger partial charge in [-0.1, -0.05) is 62.1 Å². The summed E-state index contributed by atoms with van der Waals surface area (Å²) in [5.74, 6) is 1.43. The lowest BCUT2D eigenvalue weighted by atomic mass is 10.2. The van der Waals surface area contributed by atoms with E-state index in [1.54, 1.807) is 31.1 Å². The van der Waals surface area contributed by atoms with Crippen LogP contribution >= 0.6 is 0 Å². The van der Waals surface area contributed by atoms with Gasteiger partial charge in [-0.05, 0) is 218 Å². The summed E-state index contributed by atoms with van der Waals surface area (Å²) in [6, 6.07) is 15.8. The highest BCUT2D eigenvalue weighted by Gasteiger charge is 2.32. The first-order chi connectivity index (χ1) is 34.8. The van der Waals surface area contributed by atoms with Crippen LogP contribution < -0.4 is 14.2 Å². The number of hydrogen-bond donors (Lipinski definition) is 0. The number of hydrogen-bond acceptors (Lipinski definition) is 9. The fourth-order valence-electron chi connectivity index (χ4n) is 8.80. The highest BCUT2D eigenvalue weighted by Crippen LogP contribution is 2.33. The van der Waals surface area contributed by atoms with Gasteiger partial charge in [0.1, 0.15) is 31.9 Å². The van der Waals surface area contributed by atoms with Gasteiger partial charge in [0.25, 0.3) is 0 Å². The second-order valence-electron chi connectivity index (χ2n) is 20.2.